The Balaban J connectivity index is 1.36. The van der Waals surface area contributed by atoms with E-state index in [0.717, 1.165) is 16.7 Å². The van der Waals surface area contributed by atoms with Gasteiger partial charge in [-0.05, 0) is 36.1 Å². The molecular weight excluding hydrogens is 594 g/mol. The van der Waals surface area contributed by atoms with Gasteiger partial charge in [0.15, 0.2) is 0 Å². The highest BCUT2D eigenvalue weighted by Gasteiger charge is 2.39. The summed E-state index contributed by atoms with van der Waals surface area (Å²) in [6.07, 6.45) is 1.55. The first-order valence-corrected chi connectivity index (χ1v) is 15.1. The number of anilines is 1. The quantitative estimate of drug-likeness (QED) is 0.214. The molecule has 3 N–H and O–H groups in total. The summed E-state index contributed by atoms with van der Waals surface area (Å²) < 4.78 is 3.31. The average Bonchev–Trinajstić information content (AvgIpc) is 3.66. The number of amides is 1. The van der Waals surface area contributed by atoms with Gasteiger partial charge in [0.25, 0.3) is 5.56 Å². The van der Waals surface area contributed by atoms with Gasteiger partial charge in [-0.1, -0.05) is 84.4 Å². The number of nitrogens with one attached hydrogen (secondary N) is 1. The van der Waals surface area contributed by atoms with Crippen LogP contribution in [-0.2, 0) is 22.6 Å². The summed E-state index contributed by atoms with van der Waals surface area (Å²) in [5.41, 5.74) is 2.89. The number of aliphatic carboxylic acids is 1. The number of aromatic nitrogens is 3. The van der Waals surface area contributed by atoms with Gasteiger partial charge in [-0.25, -0.2) is 9.78 Å². The van der Waals surface area contributed by atoms with Crippen molar-refractivity contribution >= 4 is 35.1 Å². The Bertz CT molecular complexity index is 1870. The van der Waals surface area contributed by atoms with Crippen LogP contribution in [0.2, 0.25) is 5.02 Å². The number of imidazole rings is 1. The molecule has 3 heterocycles. The summed E-state index contributed by atoms with van der Waals surface area (Å²) in [5.74, 6) is -0.912. The van der Waals surface area contributed by atoms with Crippen LogP contribution in [0, 0.1) is 0 Å². The molecule has 0 bridgehead atoms. The summed E-state index contributed by atoms with van der Waals surface area (Å²) in [6, 6.07) is 25.7. The molecule has 0 unspecified atom stereocenters. The second kappa shape index (κ2) is 13.0. The highest BCUT2D eigenvalue weighted by Crippen LogP contribution is 2.29. The van der Waals surface area contributed by atoms with Crippen LogP contribution in [0.4, 0.5) is 5.82 Å². The van der Waals surface area contributed by atoms with E-state index in [1.165, 1.54) is 10.5 Å². The van der Waals surface area contributed by atoms with E-state index in [2.05, 4.69) is 5.32 Å². The zero-order valence-corrected chi connectivity index (χ0v) is 25.0. The summed E-state index contributed by atoms with van der Waals surface area (Å²) in [4.78, 5) is 45.9. The molecular formula is C34H32ClN5O5. The molecule has 3 atom stereocenters. The number of aliphatic hydroxyl groups excluding tert-OH is 1. The molecule has 0 aliphatic carbocycles. The molecule has 0 saturated carbocycles. The van der Waals surface area contributed by atoms with E-state index < -0.39 is 30.1 Å². The fraction of sp³-hybridized carbons (Fsp3) is 0.235. The Morgan fingerprint density at radius 1 is 0.978 bits per heavy atom. The molecule has 1 saturated heterocycles. The fourth-order valence-corrected chi connectivity index (χ4v) is 5.92. The first-order chi connectivity index (χ1) is 21.8. The number of rotatable bonds is 10. The lowest BCUT2D eigenvalue weighted by Gasteiger charge is -2.29. The van der Waals surface area contributed by atoms with Gasteiger partial charge in [-0.2, -0.15) is 0 Å². The lowest BCUT2D eigenvalue weighted by Crippen LogP contribution is -2.50. The predicted octanol–water partition coefficient (Wildman–Crippen LogP) is 4.01. The Hall–Kier alpha value is -4.93. The van der Waals surface area contributed by atoms with Crippen LogP contribution < -0.4 is 15.8 Å². The van der Waals surface area contributed by atoms with E-state index in [9.17, 15) is 24.6 Å². The normalized spacial score (nSPS) is 17.0. The lowest BCUT2D eigenvalue weighted by molar-refractivity contribution is -0.142. The number of benzene rings is 3. The highest BCUT2D eigenvalue weighted by molar-refractivity contribution is 6.30. The Kier molecular flexibility index (Phi) is 8.68. The van der Waals surface area contributed by atoms with Gasteiger partial charge in [0.1, 0.15) is 17.9 Å². The van der Waals surface area contributed by atoms with Crippen LogP contribution in [0.25, 0.3) is 17.0 Å². The number of aliphatic hydroxyl groups is 1. The maximum Gasteiger partial charge on any atom is 0.326 e. The van der Waals surface area contributed by atoms with Crippen LogP contribution >= 0.6 is 11.6 Å². The van der Waals surface area contributed by atoms with Crippen molar-refractivity contribution in [3.8, 4) is 11.3 Å². The van der Waals surface area contributed by atoms with E-state index >= 15 is 0 Å². The number of hydrogen-bond acceptors (Lipinski definition) is 6. The van der Waals surface area contributed by atoms with Gasteiger partial charge in [0.05, 0.1) is 18.3 Å². The van der Waals surface area contributed by atoms with Crippen molar-refractivity contribution in [3.05, 3.63) is 124 Å². The maximum atomic E-state index is 13.7. The Labute approximate surface area is 264 Å². The number of nitrogens with zero attached hydrogens (tertiary/aromatic N) is 4. The van der Waals surface area contributed by atoms with E-state index in [1.807, 2.05) is 77.4 Å². The van der Waals surface area contributed by atoms with Crippen LogP contribution in [0.3, 0.4) is 0 Å². The molecule has 1 aliphatic heterocycles. The van der Waals surface area contributed by atoms with Crippen molar-refractivity contribution in [3.63, 3.8) is 0 Å². The topological polar surface area (TPSA) is 129 Å². The van der Waals surface area contributed by atoms with Crippen molar-refractivity contribution in [1.29, 1.82) is 0 Å². The summed E-state index contributed by atoms with van der Waals surface area (Å²) in [5, 5.41) is 23.9. The molecule has 45 heavy (non-hydrogen) atoms. The average molecular weight is 626 g/mol. The van der Waals surface area contributed by atoms with E-state index in [0.29, 0.717) is 35.3 Å². The summed E-state index contributed by atoms with van der Waals surface area (Å²) in [6.45, 7) is 0.405. The number of carbonyl (C=O) groups is 2. The smallest absolute Gasteiger partial charge is 0.326 e. The second-order valence-corrected chi connectivity index (χ2v) is 11.6. The molecule has 5 aromatic rings. The minimum Gasteiger partial charge on any atom is -0.480 e. The Morgan fingerprint density at radius 2 is 1.64 bits per heavy atom. The number of carbonyl (C=O) groups excluding carboxylic acids is 1. The predicted molar refractivity (Wildman–Crippen MR) is 172 cm³/mol. The van der Waals surface area contributed by atoms with Crippen molar-refractivity contribution in [2.24, 2.45) is 0 Å². The summed E-state index contributed by atoms with van der Waals surface area (Å²) >= 11 is 6.09. The minimum absolute atomic E-state index is 0.0754. The minimum atomic E-state index is -1.14. The molecule has 2 aromatic heterocycles. The van der Waals surface area contributed by atoms with Crippen molar-refractivity contribution in [2.45, 2.75) is 44.0 Å². The van der Waals surface area contributed by atoms with Crippen LogP contribution in [-0.4, -0.2) is 60.8 Å². The largest absolute Gasteiger partial charge is 0.480 e. The molecule has 10 nitrogen and oxygen atoms in total. The molecule has 230 valence electrons. The van der Waals surface area contributed by atoms with Crippen molar-refractivity contribution < 1.29 is 19.8 Å². The SMILES string of the molecule is O=C(O)[C@H](CCc1ccccc1)NC(=O)[C@@H]1C[C@@H](O)CN1c1cc(=O)n2cc(-c3ccc(Cl)cc3)nc2n1Cc1ccccc1. The maximum absolute atomic E-state index is 13.7. The number of β-amino-alcohol motifs (C(OH)–C–C–N with tert-alkyl or cyclic N) is 1. The van der Waals surface area contributed by atoms with Crippen molar-refractivity contribution in [2.75, 3.05) is 11.4 Å². The van der Waals surface area contributed by atoms with E-state index in [-0.39, 0.29) is 24.9 Å². The number of hydrogen-bond donors (Lipinski definition) is 3. The van der Waals surface area contributed by atoms with E-state index in [4.69, 9.17) is 16.6 Å². The third-order valence-electron chi connectivity index (χ3n) is 8.07. The first kappa shape index (κ1) is 30.1. The number of carboxylic acid groups (broad SMARTS) is 1. The molecule has 1 fully saturated rings. The van der Waals surface area contributed by atoms with Gasteiger partial charge < -0.3 is 20.4 Å². The summed E-state index contributed by atoms with van der Waals surface area (Å²) in [7, 11) is 0. The van der Waals surface area contributed by atoms with E-state index in [1.54, 1.807) is 23.2 Å². The van der Waals surface area contributed by atoms with Crippen LogP contribution in [0.15, 0.2) is 102 Å². The zero-order chi connectivity index (χ0) is 31.5. The van der Waals surface area contributed by atoms with Gasteiger partial charge in [-0.15, -0.1) is 0 Å². The monoisotopic (exact) mass is 625 g/mol. The number of fused-ring (bicyclic) bond motifs is 1. The third kappa shape index (κ3) is 6.62. The number of halogens is 1. The molecule has 11 heteroatoms. The second-order valence-electron chi connectivity index (χ2n) is 11.2. The zero-order valence-electron chi connectivity index (χ0n) is 24.3. The lowest BCUT2D eigenvalue weighted by atomic mass is 10.0. The van der Waals surface area contributed by atoms with Gasteiger partial charge in [0, 0.05) is 35.8 Å². The fourth-order valence-electron chi connectivity index (χ4n) is 5.80. The van der Waals surface area contributed by atoms with Gasteiger partial charge in [0.2, 0.25) is 11.7 Å². The highest BCUT2D eigenvalue weighted by atomic mass is 35.5. The first-order valence-electron chi connectivity index (χ1n) is 14.7. The molecule has 0 spiro atoms. The van der Waals surface area contributed by atoms with Gasteiger partial charge in [-0.3, -0.25) is 18.6 Å². The molecule has 6 rings (SSSR count). The molecule has 1 aliphatic rings. The van der Waals surface area contributed by atoms with Crippen molar-refractivity contribution in [1.82, 2.24) is 19.3 Å². The standard InChI is InChI=1S/C34H32ClN5O5/c35-25-14-12-24(13-15-25)28-21-40-31(42)18-30(39(34(40)37-28)19-23-9-5-2-6-10-23)38-20-26(41)17-29(38)32(43)36-27(33(44)45)16-11-22-7-3-1-4-8-22/h1-10,12-15,18,21,26-27,29,41H,11,16-17,19-20H2,(H,36,43)(H,44,45)/t26-,27+,29+/m1/s1. The van der Waals surface area contributed by atoms with Crippen LogP contribution in [0.5, 0.6) is 0 Å². The molecule has 0 radical (unpaired) electrons. The van der Waals surface area contributed by atoms with Crippen LogP contribution in [0.1, 0.15) is 24.0 Å². The Morgan fingerprint density at radius 3 is 2.31 bits per heavy atom. The number of aryl methyl sites for hydroxylation is 1. The third-order valence-corrected chi connectivity index (χ3v) is 8.33. The molecule has 1 amide bonds. The van der Waals surface area contributed by atoms with Gasteiger partial charge >= 0.3 is 5.97 Å². The number of carboxylic acids is 1. The molecule has 3 aromatic carbocycles.